The summed E-state index contributed by atoms with van der Waals surface area (Å²) >= 11 is 0. The highest BCUT2D eigenvalue weighted by Crippen LogP contribution is 2.18. The molecule has 8 nitrogen and oxygen atoms in total. The fourth-order valence-electron chi connectivity index (χ4n) is 3.00. The topological polar surface area (TPSA) is 83.7 Å². The van der Waals surface area contributed by atoms with Crippen molar-refractivity contribution in [1.82, 2.24) is 24.7 Å². The highest BCUT2D eigenvalue weighted by molar-refractivity contribution is 7.90. The Morgan fingerprint density at radius 1 is 1.30 bits per heavy atom. The number of hydrogen-bond acceptors (Lipinski definition) is 7. The van der Waals surface area contributed by atoms with Crippen molar-refractivity contribution in [2.75, 3.05) is 43.1 Å². The second kappa shape index (κ2) is 6.40. The summed E-state index contributed by atoms with van der Waals surface area (Å²) in [7, 11) is -2.87. The third-order valence-corrected chi connectivity index (χ3v) is 5.17. The van der Waals surface area contributed by atoms with Crippen LogP contribution >= 0.6 is 0 Å². The predicted octanol–water partition coefficient (Wildman–Crippen LogP) is 0.0695. The lowest BCUT2D eigenvalue weighted by molar-refractivity contribution is 0.228. The van der Waals surface area contributed by atoms with Gasteiger partial charge in [-0.25, -0.2) is 8.42 Å². The van der Waals surface area contributed by atoms with Gasteiger partial charge in [-0.15, -0.1) is 15.3 Å². The Morgan fingerprint density at radius 3 is 2.87 bits per heavy atom. The average molecular weight is 338 g/mol. The van der Waals surface area contributed by atoms with Gasteiger partial charge in [0.05, 0.1) is 5.75 Å². The van der Waals surface area contributed by atoms with E-state index in [1.807, 2.05) is 12.1 Å². The van der Waals surface area contributed by atoms with Crippen molar-refractivity contribution in [2.24, 2.45) is 0 Å². The summed E-state index contributed by atoms with van der Waals surface area (Å²) in [5, 5.41) is 12.4. The van der Waals surface area contributed by atoms with Crippen molar-refractivity contribution in [3.05, 3.63) is 18.5 Å². The molecule has 1 aliphatic heterocycles. The second-order valence-electron chi connectivity index (χ2n) is 6.15. The van der Waals surface area contributed by atoms with Crippen LogP contribution in [0, 0.1) is 0 Å². The van der Waals surface area contributed by atoms with Gasteiger partial charge in [0.15, 0.2) is 5.65 Å². The molecule has 2 aromatic heterocycles. The van der Waals surface area contributed by atoms with Crippen LogP contribution < -0.4 is 4.90 Å². The van der Waals surface area contributed by atoms with Crippen molar-refractivity contribution in [2.45, 2.75) is 19.4 Å². The van der Waals surface area contributed by atoms with E-state index in [0.717, 1.165) is 37.6 Å². The zero-order valence-corrected chi connectivity index (χ0v) is 14.3. The van der Waals surface area contributed by atoms with Crippen LogP contribution in [0.25, 0.3) is 5.65 Å². The largest absolute Gasteiger partial charge is 0.350 e. The molecule has 0 bridgehead atoms. The number of nitrogens with zero attached hydrogens (tertiary/aromatic N) is 6. The molecule has 0 aromatic carbocycles. The van der Waals surface area contributed by atoms with Gasteiger partial charge in [0.2, 0.25) is 0 Å². The number of fused-ring (bicyclic) bond motifs is 1. The minimum atomic E-state index is -2.87. The lowest BCUT2D eigenvalue weighted by Crippen LogP contribution is -2.52. The maximum absolute atomic E-state index is 11.2. The van der Waals surface area contributed by atoms with Crippen molar-refractivity contribution in [1.29, 1.82) is 0 Å². The number of rotatable bonds is 5. The molecule has 0 radical (unpaired) electrons. The Labute approximate surface area is 136 Å². The Bertz CT molecular complexity index is 774. The van der Waals surface area contributed by atoms with E-state index < -0.39 is 9.84 Å². The number of aromatic nitrogens is 4. The quantitative estimate of drug-likeness (QED) is 0.763. The molecule has 1 saturated heterocycles. The van der Waals surface area contributed by atoms with Gasteiger partial charge < -0.3 is 4.90 Å². The van der Waals surface area contributed by atoms with E-state index in [1.165, 1.54) is 6.26 Å². The molecule has 1 aliphatic rings. The van der Waals surface area contributed by atoms with Gasteiger partial charge in [-0.2, -0.15) is 4.52 Å². The minimum absolute atomic E-state index is 0.257. The van der Waals surface area contributed by atoms with Crippen LogP contribution in [-0.4, -0.2) is 77.4 Å². The van der Waals surface area contributed by atoms with Crippen LogP contribution in [0.1, 0.15) is 13.3 Å². The maximum atomic E-state index is 11.2. The van der Waals surface area contributed by atoms with E-state index in [9.17, 15) is 8.42 Å². The maximum Gasteiger partial charge on any atom is 0.177 e. The van der Waals surface area contributed by atoms with Gasteiger partial charge in [-0.3, -0.25) is 4.90 Å². The molecule has 9 heteroatoms. The van der Waals surface area contributed by atoms with E-state index in [1.54, 1.807) is 10.8 Å². The Balaban J connectivity index is 1.60. The number of sulfone groups is 1. The predicted molar refractivity (Wildman–Crippen MR) is 88.4 cm³/mol. The van der Waals surface area contributed by atoms with Gasteiger partial charge in [0.1, 0.15) is 22.0 Å². The summed E-state index contributed by atoms with van der Waals surface area (Å²) in [4.78, 5) is 4.59. The van der Waals surface area contributed by atoms with Crippen molar-refractivity contribution in [3.63, 3.8) is 0 Å². The zero-order chi connectivity index (χ0) is 16.4. The van der Waals surface area contributed by atoms with E-state index >= 15 is 0 Å². The zero-order valence-electron chi connectivity index (χ0n) is 13.5. The highest BCUT2D eigenvalue weighted by atomic mass is 32.2. The molecule has 0 aliphatic carbocycles. The fraction of sp³-hybridized carbons (Fsp3) is 0.643. The molecule has 0 saturated carbocycles. The first-order chi connectivity index (χ1) is 10.9. The molecule has 2 aromatic rings. The van der Waals surface area contributed by atoms with Crippen LogP contribution in [0.15, 0.2) is 18.5 Å². The smallest absolute Gasteiger partial charge is 0.177 e. The van der Waals surface area contributed by atoms with Gasteiger partial charge in [0, 0.05) is 31.9 Å². The third-order valence-electron chi connectivity index (χ3n) is 4.14. The van der Waals surface area contributed by atoms with Crippen LogP contribution in [0.2, 0.25) is 0 Å². The molecule has 0 unspecified atom stereocenters. The fourth-order valence-corrected chi connectivity index (χ4v) is 3.65. The van der Waals surface area contributed by atoms with Gasteiger partial charge in [-0.05, 0) is 32.0 Å². The first-order valence-corrected chi connectivity index (χ1v) is 9.82. The van der Waals surface area contributed by atoms with E-state index in [0.29, 0.717) is 12.5 Å². The van der Waals surface area contributed by atoms with Crippen molar-refractivity contribution < 1.29 is 8.42 Å². The summed E-state index contributed by atoms with van der Waals surface area (Å²) in [6.45, 7) is 5.69. The molecule has 126 valence electrons. The van der Waals surface area contributed by atoms with Crippen molar-refractivity contribution in [3.8, 4) is 0 Å². The van der Waals surface area contributed by atoms with E-state index in [2.05, 4.69) is 32.0 Å². The minimum Gasteiger partial charge on any atom is -0.350 e. The normalized spacial score (nSPS) is 20.3. The molecular weight excluding hydrogens is 316 g/mol. The first-order valence-electron chi connectivity index (χ1n) is 7.76. The van der Waals surface area contributed by atoms with Gasteiger partial charge >= 0.3 is 0 Å². The summed E-state index contributed by atoms with van der Waals surface area (Å²) in [5.41, 5.74) is 0.737. The Kier molecular flexibility index (Phi) is 4.49. The van der Waals surface area contributed by atoms with Crippen molar-refractivity contribution >= 4 is 21.3 Å². The van der Waals surface area contributed by atoms with Crippen LogP contribution in [0.5, 0.6) is 0 Å². The van der Waals surface area contributed by atoms with E-state index in [4.69, 9.17) is 0 Å². The SMILES string of the molecule is C[C@H]1CN(CCCS(C)(=O)=O)CCN1c1ccc2nncn2n1. The Hall–Kier alpha value is -1.74. The molecule has 1 atom stereocenters. The lowest BCUT2D eigenvalue weighted by atomic mass is 10.2. The monoisotopic (exact) mass is 338 g/mol. The molecule has 0 amide bonds. The van der Waals surface area contributed by atoms with Crippen LogP contribution in [-0.2, 0) is 9.84 Å². The third kappa shape index (κ3) is 3.97. The molecular formula is C14H22N6O2S. The molecule has 0 spiro atoms. The second-order valence-corrected chi connectivity index (χ2v) is 8.41. The van der Waals surface area contributed by atoms with Crippen LogP contribution in [0.4, 0.5) is 5.82 Å². The average Bonchev–Trinajstić information content (AvgIpc) is 2.93. The van der Waals surface area contributed by atoms with E-state index in [-0.39, 0.29) is 5.75 Å². The molecule has 3 rings (SSSR count). The number of piperazine rings is 1. The standard InChI is InChI=1S/C14H22N6O2S/c1-12-10-18(6-3-9-23(2,21)22)7-8-19(12)14-5-4-13-16-15-11-20(13)17-14/h4-5,11-12H,3,6-10H2,1-2H3/t12-/m0/s1. The van der Waals surface area contributed by atoms with Gasteiger partial charge in [0.25, 0.3) is 0 Å². The first kappa shape index (κ1) is 16.1. The summed E-state index contributed by atoms with van der Waals surface area (Å²) in [6.07, 6.45) is 3.59. The molecule has 23 heavy (non-hydrogen) atoms. The highest BCUT2D eigenvalue weighted by Gasteiger charge is 2.25. The summed E-state index contributed by atoms with van der Waals surface area (Å²) in [5.74, 6) is 1.17. The van der Waals surface area contributed by atoms with Crippen LogP contribution in [0.3, 0.4) is 0 Å². The van der Waals surface area contributed by atoms with Gasteiger partial charge in [-0.1, -0.05) is 0 Å². The molecule has 3 heterocycles. The molecule has 1 fully saturated rings. The number of hydrogen-bond donors (Lipinski definition) is 0. The number of anilines is 1. The summed E-state index contributed by atoms with van der Waals surface area (Å²) in [6, 6.07) is 4.21. The Morgan fingerprint density at radius 2 is 2.13 bits per heavy atom. The lowest BCUT2D eigenvalue weighted by Gasteiger charge is -2.40. The molecule has 0 N–H and O–H groups in total. The summed E-state index contributed by atoms with van der Waals surface area (Å²) < 4.78 is 24.1.